The van der Waals surface area contributed by atoms with E-state index in [2.05, 4.69) is 10.6 Å². The molecule has 0 aromatic heterocycles. The van der Waals surface area contributed by atoms with Gasteiger partial charge < -0.3 is 25.8 Å². The minimum absolute atomic E-state index is 0.193. The zero-order valence-electron chi connectivity index (χ0n) is 14.1. The number of methoxy groups -OCH3 is 2. The van der Waals surface area contributed by atoms with Crippen molar-refractivity contribution in [2.75, 3.05) is 14.2 Å². The molecule has 1 aromatic rings. The molecule has 0 unspecified atom stereocenters. The van der Waals surface area contributed by atoms with Crippen LogP contribution in [0.15, 0.2) is 18.2 Å². The largest absolute Gasteiger partial charge is 0.493 e. The molecule has 24 heavy (non-hydrogen) atoms. The van der Waals surface area contributed by atoms with Gasteiger partial charge in [0, 0.05) is 12.6 Å². The quantitative estimate of drug-likeness (QED) is 0.734. The third-order valence-corrected chi connectivity index (χ3v) is 4.35. The standard InChI is InChI=1S/C17H25N3O4/c1-23-14-8-7-11(9-15(14)24-2)10-19-17(22)20-13-6-4-3-5-12(13)16(18)21/h7-9,12-13H,3-6,10H2,1-2H3,(H2,18,21)(H2,19,20,22)/t12-,13-/m0/s1. The highest BCUT2D eigenvalue weighted by Crippen LogP contribution is 2.27. The van der Waals surface area contributed by atoms with E-state index in [4.69, 9.17) is 15.2 Å². The zero-order valence-corrected chi connectivity index (χ0v) is 14.1. The molecule has 7 nitrogen and oxygen atoms in total. The molecular weight excluding hydrogens is 310 g/mol. The van der Waals surface area contributed by atoms with Gasteiger partial charge in [-0.1, -0.05) is 18.9 Å². The molecule has 0 spiro atoms. The first kappa shape index (κ1) is 17.9. The Hall–Kier alpha value is -2.44. The number of ether oxygens (including phenoxy) is 2. The number of amides is 3. The van der Waals surface area contributed by atoms with Gasteiger partial charge in [-0.15, -0.1) is 0 Å². The first-order valence-corrected chi connectivity index (χ1v) is 8.09. The molecule has 0 heterocycles. The lowest BCUT2D eigenvalue weighted by Crippen LogP contribution is -2.50. The molecule has 2 atom stereocenters. The lowest BCUT2D eigenvalue weighted by Gasteiger charge is -2.29. The van der Waals surface area contributed by atoms with Crippen molar-refractivity contribution in [1.29, 1.82) is 0 Å². The van der Waals surface area contributed by atoms with Gasteiger partial charge in [-0.05, 0) is 30.5 Å². The van der Waals surface area contributed by atoms with Crippen LogP contribution >= 0.6 is 0 Å². The second-order valence-corrected chi connectivity index (χ2v) is 5.92. The third kappa shape index (κ3) is 4.53. The van der Waals surface area contributed by atoms with Crippen LogP contribution in [0.25, 0.3) is 0 Å². The maximum absolute atomic E-state index is 12.1. The van der Waals surface area contributed by atoms with E-state index in [1.54, 1.807) is 20.3 Å². The number of hydrogen-bond acceptors (Lipinski definition) is 4. The Labute approximate surface area is 141 Å². The van der Waals surface area contributed by atoms with Gasteiger partial charge >= 0.3 is 6.03 Å². The Morgan fingerprint density at radius 2 is 1.88 bits per heavy atom. The molecule has 2 rings (SSSR count). The molecule has 0 aliphatic heterocycles. The Kier molecular flexibility index (Phi) is 6.28. The van der Waals surface area contributed by atoms with Gasteiger partial charge in [0.05, 0.1) is 20.1 Å². The van der Waals surface area contributed by atoms with E-state index in [-0.39, 0.29) is 23.9 Å². The van der Waals surface area contributed by atoms with Gasteiger partial charge in [-0.2, -0.15) is 0 Å². The van der Waals surface area contributed by atoms with Crippen molar-refractivity contribution in [2.24, 2.45) is 11.7 Å². The van der Waals surface area contributed by atoms with Crippen LogP contribution in [0, 0.1) is 5.92 Å². The van der Waals surface area contributed by atoms with Crippen LogP contribution in [0.4, 0.5) is 4.79 Å². The van der Waals surface area contributed by atoms with Crippen molar-refractivity contribution < 1.29 is 19.1 Å². The predicted octanol–water partition coefficient (Wildman–Crippen LogP) is 1.55. The number of hydrogen-bond donors (Lipinski definition) is 3. The number of rotatable bonds is 6. The summed E-state index contributed by atoms with van der Waals surface area (Å²) in [5, 5.41) is 5.66. The number of nitrogens with one attached hydrogen (secondary N) is 2. The molecule has 1 saturated carbocycles. The summed E-state index contributed by atoms with van der Waals surface area (Å²) in [6.07, 6.45) is 3.47. The monoisotopic (exact) mass is 335 g/mol. The Morgan fingerprint density at radius 3 is 2.54 bits per heavy atom. The Bertz CT molecular complexity index is 591. The van der Waals surface area contributed by atoms with Gasteiger partial charge in [0.25, 0.3) is 0 Å². The molecule has 7 heteroatoms. The minimum Gasteiger partial charge on any atom is -0.493 e. The minimum atomic E-state index is -0.347. The molecule has 0 radical (unpaired) electrons. The van der Waals surface area contributed by atoms with Crippen molar-refractivity contribution in [3.63, 3.8) is 0 Å². The lowest BCUT2D eigenvalue weighted by molar-refractivity contribution is -0.123. The molecular formula is C17H25N3O4. The van der Waals surface area contributed by atoms with Crippen LogP contribution in [0.3, 0.4) is 0 Å². The maximum Gasteiger partial charge on any atom is 0.315 e. The molecule has 0 bridgehead atoms. The predicted molar refractivity (Wildman–Crippen MR) is 89.9 cm³/mol. The molecule has 132 valence electrons. The van der Waals surface area contributed by atoms with Gasteiger partial charge in [-0.25, -0.2) is 4.79 Å². The van der Waals surface area contributed by atoms with Crippen LogP contribution < -0.4 is 25.8 Å². The van der Waals surface area contributed by atoms with Crippen LogP contribution in [0.2, 0.25) is 0 Å². The van der Waals surface area contributed by atoms with Gasteiger partial charge in [0.1, 0.15) is 0 Å². The third-order valence-electron chi connectivity index (χ3n) is 4.35. The number of urea groups is 1. The fourth-order valence-corrected chi connectivity index (χ4v) is 3.04. The Balaban J connectivity index is 1.89. The fourth-order valence-electron chi connectivity index (χ4n) is 3.04. The molecule has 4 N–H and O–H groups in total. The maximum atomic E-state index is 12.1. The highest BCUT2D eigenvalue weighted by molar-refractivity contribution is 5.80. The van der Waals surface area contributed by atoms with E-state index in [1.807, 2.05) is 12.1 Å². The van der Waals surface area contributed by atoms with Gasteiger partial charge in [0.2, 0.25) is 5.91 Å². The molecule has 1 aliphatic rings. The smallest absolute Gasteiger partial charge is 0.315 e. The van der Waals surface area contributed by atoms with Crippen LogP contribution in [-0.4, -0.2) is 32.2 Å². The van der Waals surface area contributed by atoms with E-state index in [9.17, 15) is 9.59 Å². The summed E-state index contributed by atoms with van der Waals surface area (Å²) in [5.74, 6) is 0.612. The Morgan fingerprint density at radius 1 is 1.17 bits per heavy atom. The first-order chi connectivity index (χ1) is 11.5. The highest BCUT2D eigenvalue weighted by atomic mass is 16.5. The average Bonchev–Trinajstić information content (AvgIpc) is 2.59. The second kappa shape index (κ2) is 8.42. The number of carbonyl (C=O) groups excluding carboxylic acids is 2. The van der Waals surface area contributed by atoms with E-state index < -0.39 is 0 Å². The van der Waals surface area contributed by atoms with Gasteiger partial charge in [0.15, 0.2) is 11.5 Å². The average molecular weight is 335 g/mol. The lowest BCUT2D eigenvalue weighted by atomic mass is 9.84. The topological polar surface area (TPSA) is 103 Å². The molecule has 1 fully saturated rings. The van der Waals surface area contributed by atoms with Crippen molar-refractivity contribution in [3.8, 4) is 11.5 Å². The summed E-state index contributed by atoms with van der Waals surface area (Å²) >= 11 is 0. The summed E-state index contributed by atoms with van der Waals surface area (Å²) in [4.78, 5) is 23.6. The van der Waals surface area contributed by atoms with Crippen LogP contribution in [0.5, 0.6) is 11.5 Å². The molecule has 3 amide bonds. The summed E-state index contributed by atoms with van der Waals surface area (Å²) < 4.78 is 10.4. The highest BCUT2D eigenvalue weighted by Gasteiger charge is 2.30. The summed E-state index contributed by atoms with van der Waals surface area (Å²) in [6, 6.07) is 4.96. The van der Waals surface area contributed by atoms with Crippen molar-refractivity contribution in [2.45, 2.75) is 38.3 Å². The number of primary amides is 1. The van der Waals surface area contributed by atoms with Crippen LogP contribution in [0.1, 0.15) is 31.2 Å². The molecule has 1 aliphatic carbocycles. The summed E-state index contributed by atoms with van der Waals surface area (Å²) in [5.41, 5.74) is 6.31. The molecule has 1 aromatic carbocycles. The van der Waals surface area contributed by atoms with E-state index >= 15 is 0 Å². The normalized spacial score (nSPS) is 20.1. The summed E-state index contributed by atoms with van der Waals surface area (Å²) in [6.45, 7) is 0.347. The second-order valence-electron chi connectivity index (χ2n) is 5.92. The fraction of sp³-hybridized carbons (Fsp3) is 0.529. The van der Waals surface area contributed by atoms with E-state index in [0.29, 0.717) is 18.0 Å². The summed E-state index contributed by atoms with van der Waals surface area (Å²) in [7, 11) is 3.14. The van der Waals surface area contributed by atoms with E-state index in [0.717, 1.165) is 31.2 Å². The van der Waals surface area contributed by atoms with Crippen LogP contribution in [-0.2, 0) is 11.3 Å². The number of carbonyl (C=O) groups is 2. The van der Waals surface area contributed by atoms with E-state index in [1.165, 1.54) is 0 Å². The first-order valence-electron chi connectivity index (χ1n) is 8.09. The van der Waals surface area contributed by atoms with Crippen molar-refractivity contribution in [1.82, 2.24) is 10.6 Å². The SMILES string of the molecule is COc1ccc(CNC(=O)N[C@H]2CCCC[C@@H]2C(N)=O)cc1OC. The molecule has 0 saturated heterocycles. The number of benzene rings is 1. The van der Waals surface area contributed by atoms with Gasteiger partial charge in [-0.3, -0.25) is 4.79 Å². The zero-order chi connectivity index (χ0) is 17.5. The number of nitrogens with two attached hydrogens (primary N) is 1. The van der Waals surface area contributed by atoms with Crippen molar-refractivity contribution in [3.05, 3.63) is 23.8 Å². The van der Waals surface area contributed by atoms with Crippen molar-refractivity contribution >= 4 is 11.9 Å².